The number of hydrogen-bond donors (Lipinski definition) is 0. The minimum absolute atomic E-state index is 0.105. The van der Waals surface area contributed by atoms with E-state index in [4.69, 9.17) is 21.1 Å². The summed E-state index contributed by atoms with van der Waals surface area (Å²) in [6.07, 6.45) is 7.58. The van der Waals surface area contributed by atoms with Gasteiger partial charge in [0.1, 0.15) is 11.5 Å². The van der Waals surface area contributed by atoms with Crippen LogP contribution in [0.1, 0.15) is 52.4 Å². The quantitative estimate of drug-likeness (QED) is 0.574. The predicted octanol–water partition coefficient (Wildman–Crippen LogP) is 3.31. The third-order valence-electron chi connectivity index (χ3n) is 6.14. The molecule has 0 N–H and O–H groups in total. The van der Waals surface area contributed by atoms with Crippen LogP contribution in [0.5, 0.6) is 0 Å². The average molecular weight is 329 g/mol. The summed E-state index contributed by atoms with van der Waals surface area (Å²) in [6, 6.07) is 0. The topological polar surface area (TPSA) is 52.6 Å². The van der Waals surface area contributed by atoms with E-state index < -0.39 is 17.5 Å². The second kappa shape index (κ2) is 5.70. The molecule has 0 unspecified atom stereocenters. The Labute approximate surface area is 136 Å². The van der Waals surface area contributed by atoms with Crippen molar-refractivity contribution < 1.29 is 19.1 Å². The molecule has 4 saturated carbocycles. The minimum Gasteiger partial charge on any atom is -0.457 e. The Bertz CT molecular complexity index is 436. The van der Waals surface area contributed by atoms with Crippen LogP contribution in [0.25, 0.3) is 0 Å². The van der Waals surface area contributed by atoms with Gasteiger partial charge in [-0.2, -0.15) is 0 Å². The van der Waals surface area contributed by atoms with Crippen molar-refractivity contribution in [3.8, 4) is 0 Å². The third kappa shape index (κ3) is 2.86. The molecule has 5 heteroatoms. The normalized spacial score (nSPS) is 36.2. The van der Waals surface area contributed by atoms with E-state index >= 15 is 0 Å². The van der Waals surface area contributed by atoms with E-state index in [0.717, 1.165) is 17.8 Å². The van der Waals surface area contributed by atoms with E-state index in [0.29, 0.717) is 0 Å². The van der Waals surface area contributed by atoms with Gasteiger partial charge in [-0.25, -0.2) is 4.79 Å². The van der Waals surface area contributed by atoms with Gasteiger partial charge in [-0.15, -0.1) is 11.6 Å². The van der Waals surface area contributed by atoms with Crippen molar-refractivity contribution in [1.82, 2.24) is 0 Å². The van der Waals surface area contributed by atoms with Gasteiger partial charge in [0.15, 0.2) is 6.61 Å². The number of rotatable bonds is 5. The Morgan fingerprint density at radius 1 is 1.05 bits per heavy atom. The zero-order chi connectivity index (χ0) is 16.0. The van der Waals surface area contributed by atoms with Gasteiger partial charge >= 0.3 is 11.9 Å². The summed E-state index contributed by atoms with van der Waals surface area (Å²) in [4.78, 5) is 23.1. The lowest BCUT2D eigenvalue weighted by atomic mass is 9.46. The van der Waals surface area contributed by atoms with E-state index in [1.807, 2.05) is 13.8 Å². The van der Waals surface area contributed by atoms with Gasteiger partial charge in [-0.05, 0) is 70.1 Å². The summed E-state index contributed by atoms with van der Waals surface area (Å²) in [7, 11) is 0. The highest BCUT2D eigenvalue weighted by molar-refractivity contribution is 6.26. The molecule has 124 valence electrons. The van der Waals surface area contributed by atoms with Crippen molar-refractivity contribution in [3.63, 3.8) is 0 Å². The number of halogens is 1. The van der Waals surface area contributed by atoms with Crippen LogP contribution in [-0.4, -0.2) is 30.0 Å². The Balaban J connectivity index is 1.65. The van der Waals surface area contributed by atoms with Crippen LogP contribution >= 0.6 is 11.6 Å². The Morgan fingerprint density at radius 2 is 1.55 bits per heavy atom. The molecule has 4 aliphatic carbocycles. The number of ether oxygens (including phenoxy) is 2. The number of carbonyl (C=O) groups excluding carboxylic acids is 2. The largest absolute Gasteiger partial charge is 0.457 e. The highest BCUT2D eigenvalue weighted by Gasteiger charge is 2.58. The maximum atomic E-state index is 12.0. The average Bonchev–Trinajstić information content (AvgIpc) is 2.42. The van der Waals surface area contributed by atoms with Gasteiger partial charge in [0, 0.05) is 5.41 Å². The first-order chi connectivity index (χ1) is 10.3. The molecule has 0 aromatic carbocycles. The lowest BCUT2D eigenvalue weighted by Crippen LogP contribution is -2.57. The molecule has 0 atom stereocenters. The molecule has 4 nitrogen and oxygen atoms in total. The van der Waals surface area contributed by atoms with Gasteiger partial charge in [-0.3, -0.25) is 4.79 Å². The fourth-order valence-corrected chi connectivity index (χ4v) is 5.53. The lowest BCUT2D eigenvalue weighted by Gasteiger charge is -2.61. The van der Waals surface area contributed by atoms with Crippen LogP contribution in [0.2, 0.25) is 0 Å². The predicted molar refractivity (Wildman–Crippen MR) is 82.5 cm³/mol. The number of hydrogen-bond acceptors (Lipinski definition) is 4. The summed E-state index contributed by atoms with van der Waals surface area (Å²) >= 11 is 5.35. The summed E-state index contributed by atoms with van der Waals surface area (Å²) in [6.45, 7) is 3.71. The van der Waals surface area contributed by atoms with Crippen molar-refractivity contribution in [1.29, 1.82) is 0 Å². The highest BCUT2D eigenvalue weighted by Crippen LogP contribution is 2.64. The zero-order valence-corrected chi connectivity index (χ0v) is 14.2. The molecule has 0 aliphatic heterocycles. The molecule has 0 heterocycles. The molecule has 4 rings (SSSR count). The molecule has 0 aromatic rings. The van der Waals surface area contributed by atoms with Crippen molar-refractivity contribution in [2.24, 2.45) is 23.2 Å². The molecular weight excluding hydrogens is 304 g/mol. The fourth-order valence-electron chi connectivity index (χ4n) is 5.45. The molecule has 4 fully saturated rings. The first kappa shape index (κ1) is 16.1. The van der Waals surface area contributed by atoms with E-state index in [-0.39, 0.29) is 17.9 Å². The smallest absolute Gasteiger partial charge is 0.344 e. The minimum atomic E-state index is -0.591. The Hall–Kier alpha value is -0.770. The standard InChI is InChI=1S/C17H25ClO4/c1-16(2,22-15(20)10-21-14(19)9-18)17-6-11-3-12(7-17)5-13(4-11)8-17/h11-13H,3-10H2,1-2H3. The van der Waals surface area contributed by atoms with E-state index in [2.05, 4.69) is 0 Å². The highest BCUT2D eigenvalue weighted by atomic mass is 35.5. The van der Waals surface area contributed by atoms with Gasteiger partial charge in [-0.1, -0.05) is 0 Å². The number of carbonyl (C=O) groups is 2. The van der Waals surface area contributed by atoms with Crippen LogP contribution in [0.3, 0.4) is 0 Å². The Kier molecular flexibility index (Phi) is 4.17. The zero-order valence-electron chi connectivity index (χ0n) is 13.4. The van der Waals surface area contributed by atoms with E-state index in [1.54, 1.807) is 0 Å². The summed E-state index contributed by atoms with van der Waals surface area (Å²) in [5.41, 5.74) is -0.401. The molecular formula is C17H25ClO4. The van der Waals surface area contributed by atoms with Crippen LogP contribution < -0.4 is 0 Å². The van der Waals surface area contributed by atoms with E-state index in [1.165, 1.54) is 38.5 Å². The number of esters is 2. The molecule has 22 heavy (non-hydrogen) atoms. The SMILES string of the molecule is CC(C)(OC(=O)COC(=O)CCl)C12CC3CC(CC(C3)C1)C2. The van der Waals surface area contributed by atoms with Crippen molar-refractivity contribution in [2.45, 2.75) is 58.0 Å². The van der Waals surface area contributed by atoms with Crippen LogP contribution in [0.15, 0.2) is 0 Å². The van der Waals surface area contributed by atoms with Gasteiger partial charge in [0.25, 0.3) is 0 Å². The van der Waals surface area contributed by atoms with Crippen LogP contribution in [-0.2, 0) is 19.1 Å². The maximum absolute atomic E-state index is 12.0. The molecule has 4 aliphatic rings. The van der Waals surface area contributed by atoms with Crippen molar-refractivity contribution >= 4 is 23.5 Å². The van der Waals surface area contributed by atoms with Crippen LogP contribution in [0, 0.1) is 23.2 Å². The summed E-state index contributed by atoms with van der Waals surface area (Å²) < 4.78 is 10.5. The molecule has 0 amide bonds. The summed E-state index contributed by atoms with van der Waals surface area (Å²) in [5, 5.41) is 0. The third-order valence-corrected chi connectivity index (χ3v) is 6.36. The maximum Gasteiger partial charge on any atom is 0.344 e. The monoisotopic (exact) mass is 328 g/mol. The van der Waals surface area contributed by atoms with E-state index in [9.17, 15) is 9.59 Å². The van der Waals surface area contributed by atoms with Gasteiger partial charge in [0.2, 0.25) is 0 Å². The van der Waals surface area contributed by atoms with Crippen molar-refractivity contribution in [2.75, 3.05) is 12.5 Å². The summed E-state index contributed by atoms with van der Waals surface area (Å²) in [5.74, 6) is 1.10. The number of alkyl halides is 1. The molecule has 0 spiro atoms. The first-order valence-corrected chi connectivity index (χ1v) is 8.80. The molecule has 4 bridgehead atoms. The molecule has 0 saturated heterocycles. The fraction of sp³-hybridized carbons (Fsp3) is 0.882. The second-order valence-electron chi connectivity index (χ2n) is 7.98. The van der Waals surface area contributed by atoms with Gasteiger partial charge in [0.05, 0.1) is 0 Å². The second-order valence-corrected chi connectivity index (χ2v) is 8.24. The molecule has 0 radical (unpaired) electrons. The van der Waals surface area contributed by atoms with Crippen LogP contribution in [0.4, 0.5) is 0 Å². The molecule has 0 aromatic heterocycles. The Morgan fingerprint density at radius 3 is 2.00 bits per heavy atom. The van der Waals surface area contributed by atoms with Gasteiger partial charge < -0.3 is 9.47 Å². The first-order valence-electron chi connectivity index (χ1n) is 8.27. The lowest BCUT2D eigenvalue weighted by molar-refractivity contribution is -0.202. The van der Waals surface area contributed by atoms with Crippen molar-refractivity contribution in [3.05, 3.63) is 0 Å².